The van der Waals surface area contributed by atoms with Crippen molar-refractivity contribution in [2.75, 3.05) is 11.9 Å². The first-order valence-corrected chi connectivity index (χ1v) is 7.25. The van der Waals surface area contributed by atoms with Crippen LogP contribution in [0.1, 0.15) is 11.1 Å². The Hall–Kier alpha value is -2.74. The number of nitrogens with one attached hydrogen (secondary N) is 1. The molecule has 0 saturated carbocycles. The minimum atomic E-state index is -4.66. The van der Waals surface area contributed by atoms with E-state index in [4.69, 9.17) is 21.5 Å². The molecule has 9 heteroatoms. The molecule has 0 bridgehead atoms. The molecule has 0 spiro atoms. The van der Waals surface area contributed by atoms with E-state index in [-0.39, 0.29) is 10.8 Å². The number of oxime groups is 1. The number of rotatable bonds is 5. The number of halogens is 4. The number of alkyl halides is 3. The summed E-state index contributed by atoms with van der Waals surface area (Å²) in [7, 11) is 0. The number of phenolic OH excluding ortho intramolecular Hbond substituents is 1. The molecule has 2 rings (SSSR count). The average molecular weight is 373 g/mol. The minimum absolute atomic E-state index is 0.0812. The number of nitrogens with zero attached hydrogens (tertiary/aromatic N) is 1. The van der Waals surface area contributed by atoms with Crippen molar-refractivity contribution >= 4 is 29.4 Å². The molecular formula is C16H12ClF3N2O3. The molecule has 132 valence electrons. The minimum Gasteiger partial charge on any atom is -0.508 e. The highest BCUT2D eigenvalue weighted by molar-refractivity contribution is 6.34. The van der Waals surface area contributed by atoms with E-state index in [1.807, 2.05) is 0 Å². The van der Waals surface area contributed by atoms with Gasteiger partial charge in [-0.1, -0.05) is 22.8 Å². The lowest BCUT2D eigenvalue weighted by Crippen LogP contribution is -2.20. The Labute approximate surface area is 145 Å². The van der Waals surface area contributed by atoms with Gasteiger partial charge in [-0.15, -0.1) is 0 Å². The van der Waals surface area contributed by atoms with Gasteiger partial charge in [0.2, 0.25) is 0 Å². The average Bonchev–Trinajstić information content (AvgIpc) is 2.54. The van der Waals surface area contributed by atoms with E-state index in [1.165, 1.54) is 24.4 Å². The van der Waals surface area contributed by atoms with E-state index in [9.17, 15) is 18.0 Å². The van der Waals surface area contributed by atoms with E-state index in [1.54, 1.807) is 12.1 Å². The summed E-state index contributed by atoms with van der Waals surface area (Å²) < 4.78 is 38.8. The number of benzene rings is 2. The molecule has 0 aliphatic rings. The smallest absolute Gasteiger partial charge is 0.418 e. The summed E-state index contributed by atoms with van der Waals surface area (Å²) >= 11 is 5.73. The third-order valence-corrected chi connectivity index (χ3v) is 3.26. The first-order chi connectivity index (χ1) is 11.8. The normalized spacial score (nSPS) is 11.5. The molecule has 0 aliphatic carbocycles. The van der Waals surface area contributed by atoms with Gasteiger partial charge in [0.1, 0.15) is 5.75 Å². The quantitative estimate of drug-likeness (QED) is 0.614. The SMILES string of the molecule is O=C(CON=Cc1ccc(O)cc1)Nc1c(Cl)cccc1C(F)(F)F. The van der Waals surface area contributed by atoms with Gasteiger partial charge in [0.05, 0.1) is 22.5 Å². The molecule has 0 fully saturated rings. The molecule has 0 saturated heterocycles. The van der Waals surface area contributed by atoms with E-state index in [2.05, 4.69) is 10.5 Å². The van der Waals surface area contributed by atoms with Crippen molar-refractivity contribution in [3.63, 3.8) is 0 Å². The first kappa shape index (κ1) is 18.6. The number of aromatic hydroxyl groups is 1. The molecule has 5 nitrogen and oxygen atoms in total. The lowest BCUT2D eigenvalue weighted by Gasteiger charge is -2.14. The Bertz CT molecular complexity index is 777. The molecule has 2 aromatic rings. The van der Waals surface area contributed by atoms with Crippen LogP contribution in [0.4, 0.5) is 18.9 Å². The van der Waals surface area contributed by atoms with E-state index < -0.39 is 29.9 Å². The molecule has 0 aliphatic heterocycles. The zero-order valence-electron chi connectivity index (χ0n) is 12.5. The Morgan fingerprint density at radius 3 is 2.56 bits per heavy atom. The second-order valence-electron chi connectivity index (χ2n) is 4.81. The van der Waals surface area contributed by atoms with Gasteiger partial charge < -0.3 is 15.3 Å². The molecule has 2 aromatic carbocycles. The molecule has 0 atom stereocenters. The van der Waals surface area contributed by atoms with Gasteiger partial charge in [-0.05, 0) is 42.0 Å². The zero-order valence-corrected chi connectivity index (χ0v) is 13.3. The number of hydrogen-bond donors (Lipinski definition) is 2. The number of phenols is 1. The Morgan fingerprint density at radius 1 is 1.24 bits per heavy atom. The van der Waals surface area contributed by atoms with Crippen LogP contribution in [0.15, 0.2) is 47.6 Å². The summed E-state index contributed by atoms with van der Waals surface area (Å²) in [6.07, 6.45) is -3.38. The third kappa shape index (κ3) is 5.39. The van der Waals surface area contributed by atoms with Gasteiger partial charge in [-0.2, -0.15) is 13.2 Å². The lowest BCUT2D eigenvalue weighted by atomic mass is 10.1. The fourth-order valence-corrected chi connectivity index (χ4v) is 2.04. The van der Waals surface area contributed by atoms with Crippen LogP contribution in [0.3, 0.4) is 0 Å². The fourth-order valence-electron chi connectivity index (χ4n) is 1.82. The topological polar surface area (TPSA) is 70.9 Å². The maximum absolute atomic E-state index is 12.9. The van der Waals surface area contributed by atoms with Crippen LogP contribution in [-0.4, -0.2) is 23.8 Å². The van der Waals surface area contributed by atoms with Gasteiger partial charge in [0.15, 0.2) is 6.61 Å². The first-order valence-electron chi connectivity index (χ1n) is 6.87. The largest absolute Gasteiger partial charge is 0.508 e. The molecule has 0 heterocycles. The van der Waals surface area contributed by atoms with E-state index >= 15 is 0 Å². The monoisotopic (exact) mass is 372 g/mol. The maximum atomic E-state index is 12.9. The van der Waals surface area contributed by atoms with Crippen LogP contribution in [0, 0.1) is 0 Å². The fraction of sp³-hybridized carbons (Fsp3) is 0.125. The third-order valence-electron chi connectivity index (χ3n) is 2.95. The lowest BCUT2D eigenvalue weighted by molar-refractivity contribution is -0.137. The molecule has 1 amide bonds. The molecule has 0 unspecified atom stereocenters. The van der Waals surface area contributed by atoms with Gasteiger partial charge in [-0.3, -0.25) is 4.79 Å². The number of para-hydroxylation sites is 1. The van der Waals surface area contributed by atoms with E-state index in [0.717, 1.165) is 12.1 Å². The van der Waals surface area contributed by atoms with Crippen molar-refractivity contribution in [1.82, 2.24) is 0 Å². The highest BCUT2D eigenvalue weighted by atomic mass is 35.5. The molecule has 2 N–H and O–H groups in total. The summed E-state index contributed by atoms with van der Waals surface area (Å²) in [5.74, 6) is -0.765. The molecule has 25 heavy (non-hydrogen) atoms. The highest BCUT2D eigenvalue weighted by Crippen LogP contribution is 2.38. The van der Waals surface area contributed by atoms with Crippen LogP contribution in [0.25, 0.3) is 0 Å². The van der Waals surface area contributed by atoms with Crippen molar-refractivity contribution in [2.45, 2.75) is 6.18 Å². The van der Waals surface area contributed by atoms with Gasteiger partial charge in [-0.25, -0.2) is 0 Å². The van der Waals surface area contributed by atoms with E-state index in [0.29, 0.717) is 5.56 Å². The van der Waals surface area contributed by atoms with Gasteiger partial charge in [0, 0.05) is 0 Å². The predicted octanol–water partition coefficient (Wildman–Crippen LogP) is 4.05. The zero-order chi connectivity index (χ0) is 18.4. The van der Waals surface area contributed by atoms with Crippen molar-refractivity contribution in [3.8, 4) is 5.75 Å². The summed E-state index contributed by atoms with van der Waals surface area (Å²) in [6.45, 7) is -0.600. The number of hydrogen-bond acceptors (Lipinski definition) is 4. The Kier molecular flexibility index (Phi) is 5.87. The van der Waals surface area contributed by atoms with Crippen LogP contribution >= 0.6 is 11.6 Å². The molecule has 0 aromatic heterocycles. The van der Waals surface area contributed by atoms with Crippen LogP contribution < -0.4 is 5.32 Å². The molecular weight excluding hydrogens is 361 g/mol. The van der Waals surface area contributed by atoms with Crippen LogP contribution in [0.5, 0.6) is 5.75 Å². The maximum Gasteiger partial charge on any atom is 0.418 e. The second kappa shape index (κ2) is 7.89. The van der Waals surface area contributed by atoms with Crippen LogP contribution in [-0.2, 0) is 15.8 Å². The number of anilines is 1. The summed E-state index contributed by atoms with van der Waals surface area (Å²) in [4.78, 5) is 16.5. The van der Waals surface area contributed by atoms with Crippen molar-refractivity contribution in [3.05, 3.63) is 58.6 Å². The standard InChI is InChI=1S/C16H12ClF3N2O3/c17-13-3-1-2-12(16(18,19)20)15(13)22-14(24)9-25-21-8-10-4-6-11(23)7-5-10/h1-8,23H,9H2,(H,22,24). The summed E-state index contributed by atoms with van der Waals surface area (Å²) in [5.41, 5.74) is -0.989. The van der Waals surface area contributed by atoms with Crippen molar-refractivity contribution in [1.29, 1.82) is 0 Å². The predicted molar refractivity (Wildman–Crippen MR) is 86.7 cm³/mol. The Morgan fingerprint density at radius 2 is 1.92 bits per heavy atom. The Balaban J connectivity index is 1.96. The van der Waals surface area contributed by atoms with Crippen molar-refractivity contribution < 1.29 is 27.9 Å². The van der Waals surface area contributed by atoms with Crippen molar-refractivity contribution in [2.24, 2.45) is 5.16 Å². The second-order valence-corrected chi connectivity index (χ2v) is 5.22. The summed E-state index contributed by atoms with van der Waals surface area (Å²) in [6, 6.07) is 9.16. The van der Waals surface area contributed by atoms with Gasteiger partial charge in [0.25, 0.3) is 5.91 Å². The number of carbonyl (C=O) groups excluding carboxylic acids is 1. The number of carbonyl (C=O) groups is 1. The highest BCUT2D eigenvalue weighted by Gasteiger charge is 2.34. The number of amides is 1. The molecule has 0 radical (unpaired) electrons. The summed E-state index contributed by atoms with van der Waals surface area (Å²) in [5, 5.41) is 14.5. The van der Waals surface area contributed by atoms with Crippen LogP contribution in [0.2, 0.25) is 5.02 Å². The van der Waals surface area contributed by atoms with Gasteiger partial charge >= 0.3 is 6.18 Å².